The van der Waals surface area contributed by atoms with Gasteiger partial charge in [0.1, 0.15) is 0 Å². The molecule has 1 aromatic heterocycles. The first-order valence-corrected chi connectivity index (χ1v) is 18.3. The number of fused-ring (bicyclic) bond motifs is 12. The molecule has 12 rings (SSSR count). The van der Waals surface area contributed by atoms with E-state index in [2.05, 4.69) is 170 Å². The summed E-state index contributed by atoms with van der Waals surface area (Å²) < 4.78 is 1.36. The molecule has 1 spiro atoms. The molecule has 0 nitrogen and oxygen atoms in total. The predicted molar refractivity (Wildman–Crippen MR) is 213 cm³/mol. The molecule has 50 heavy (non-hydrogen) atoms. The zero-order valence-corrected chi connectivity index (χ0v) is 27.9. The summed E-state index contributed by atoms with van der Waals surface area (Å²) in [7, 11) is 0. The number of hydrogen-bond donors (Lipinski definition) is 0. The summed E-state index contributed by atoms with van der Waals surface area (Å²) in [6.45, 7) is 0. The zero-order valence-electron chi connectivity index (χ0n) is 27.1. The molecule has 0 saturated heterocycles. The van der Waals surface area contributed by atoms with E-state index in [9.17, 15) is 0 Å². The summed E-state index contributed by atoms with van der Waals surface area (Å²) in [6, 6.07) is 64.0. The molecular weight excluding hydrogens is 621 g/mol. The van der Waals surface area contributed by atoms with Gasteiger partial charge in [-0.1, -0.05) is 158 Å². The third-order valence-corrected chi connectivity index (χ3v) is 12.8. The molecule has 0 radical (unpaired) electrons. The van der Waals surface area contributed by atoms with Gasteiger partial charge in [0.15, 0.2) is 0 Å². The average Bonchev–Trinajstić information content (AvgIpc) is 3.81. The van der Waals surface area contributed by atoms with Crippen molar-refractivity contribution in [1.82, 2.24) is 0 Å². The summed E-state index contributed by atoms with van der Waals surface area (Å²) in [5.41, 5.74) is 14.5. The van der Waals surface area contributed by atoms with Crippen molar-refractivity contribution >= 4 is 53.7 Å². The third kappa shape index (κ3) is 3.18. The van der Waals surface area contributed by atoms with Crippen LogP contribution in [0.4, 0.5) is 0 Å². The first kappa shape index (κ1) is 26.9. The Morgan fingerprint density at radius 2 is 1.02 bits per heavy atom. The minimum absolute atomic E-state index is 0.373. The Morgan fingerprint density at radius 1 is 0.380 bits per heavy atom. The van der Waals surface area contributed by atoms with Gasteiger partial charge in [-0.25, -0.2) is 0 Å². The Balaban J connectivity index is 1.20. The molecule has 0 bridgehead atoms. The van der Waals surface area contributed by atoms with Crippen LogP contribution in [0, 0.1) is 0 Å². The van der Waals surface area contributed by atoms with Gasteiger partial charge in [0.05, 0.1) is 5.41 Å². The first-order chi connectivity index (χ1) is 24.8. The fourth-order valence-corrected chi connectivity index (χ4v) is 11.1. The summed E-state index contributed by atoms with van der Waals surface area (Å²) in [5, 5.41) is 9.27. The lowest BCUT2D eigenvalue weighted by Crippen LogP contribution is -2.25. The van der Waals surface area contributed by atoms with Crippen LogP contribution in [0.3, 0.4) is 0 Å². The van der Waals surface area contributed by atoms with Gasteiger partial charge in [0.25, 0.3) is 0 Å². The maximum atomic E-state index is 2.42. The van der Waals surface area contributed by atoms with E-state index in [0.29, 0.717) is 0 Å². The van der Waals surface area contributed by atoms with Crippen LogP contribution in [0.15, 0.2) is 170 Å². The Hall–Kier alpha value is -6.02. The first-order valence-electron chi connectivity index (χ1n) is 17.4. The van der Waals surface area contributed by atoms with Crippen molar-refractivity contribution in [2.45, 2.75) is 5.41 Å². The van der Waals surface area contributed by atoms with Crippen LogP contribution in [0.1, 0.15) is 22.3 Å². The average molecular weight is 649 g/mol. The van der Waals surface area contributed by atoms with Gasteiger partial charge in [-0.3, -0.25) is 0 Å². The zero-order chi connectivity index (χ0) is 32.6. The Kier molecular flexibility index (Phi) is 5.14. The van der Waals surface area contributed by atoms with Gasteiger partial charge in [0.2, 0.25) is 0 Å². The van der Waals surface area contributed by atoms with Gasteiger partial charge in [-0.05, 0) is 111 Å². The maximum absolute atomic E-state index is 2.42. The fourth-order valence-electron chi connectivity index (χ4n) is 9.78. The van der Waals surface area contributed by atoms with E-state index in [1.54, 1.807) is 0 Å². The van der Waals surface area contributed by atoms with Gasteiger partial charge < -0.3 is 0 Å². The Bertz CT molecular complexity index is 3030. The molecule has 9 aromatic carbocycles. The molecule has 0 fully saturated rings. The molecule has 2 aliphatic rings. The summed E-state index contributed by atoms with van der Waals surface area (Å²) in [4.78, 5) is 1.41. The van der Waals surface area contributed by atoms with Crippen LogP contribution in [0.25, 0.3) is 86.2 Å². The summed E-state index contributed by atoms with van der Waals surface area (Å²) in [5.74, 6) is 0. The van der Waals surface area contributed by atoms with Crippen molar-refractivity contribution in [2.75, 3.05) is 0 Å². The molecule has 1 heteroatoms. The summed E-state index contributed by atoms with van der Waals surface area (Å²) >= 11 is 1.95. The van der Waals surface area contributed by atoms with Crippen LogP contribution in [0.2, 0.25) is 0 Å². The molecule has 1 atom stereocenters. The van der Waals surface area contributed by atoms with Crippen LogP contribution in [-0.4, -0.2) is 0 Å². The summed E-state index contributed by atoms with van der Waals surface area (Å²) in [6.07, 6.45) is 0. The van der Waals surface area contributed by atoms with Crippen LogP contribution < -0.4 is 0 Å². The fraction of sp³-hybridized carbons (Fsp3) is 0.0204. The lowest BCUT2D eigenvalue weighted by Gasteiger charge is -2.30. The highest BCUT2D eigenvalue weighted by atomic mass is 32.1. The second kappa shape index (κ2) is 9.57. The minimum atomic E-state index is -0.373. The largest absolute Gasteiger partial charge is 0.135 e. The van der Waals surface area contributed by atoms with Crippen LogP contribution in [0.5, 0.6) is 0 Å². The quantitative estimate of drug-likeness (QED) is 0.164. The molecule has 230 valence electrons. The molecule has 1 heterocycles. The van der Waals surface area contributed by atoms with Crippen molar-refractivity contribution in [1.29, 1.82) is 0 Å². The highest BCUT2D eigenvalue weighted by Crippen LogP contribution is 2.67. The van der Waals surface area contributed by atoms with E-state index in [-0.39, 0.29) is 5.41 Å². The van der Waals surface area contributed by atoms with Gasteiger partial charge >= 0.3 is 0 Å². The molecule has 1 unspecified atom stereocenters. The lowest BCUT2D eigenvalue weighted by atomic mass is 9.70. The molecule has 0 N–H and O–H groups in total. The normalized spacial score (nSPS) is 15.7. The second-order valence-corrected chi connectivity index (χ2v) is 14.9. The smallest absolute Gasteiger partial charge is 0.0740 e. The topological polar surface area (TPSA) is 0 Å². The van der Waals surface area contributed by atoms with Crippen molar-refractivity contribution in [3.63, 3.8) is 0 Å². The second-order valence-electron chi connectivity index (χ2n) is 13.9. The van der Waals surface area contributed by atoms with Gasteiger partial charge in [-0.15, -0.1) is 11.3 Å². The van der Waals surface area contributed by atoms with Crippen molar-refractivity contribution in [2.24, 2.45) is 0 Å². The van der Waals surface area contributed by atoms with Crippen molar-refractivity contribution in [3.8, 4) is 43.8 Å². The molecule has 10 aromatic rings. The van der Waals surface area contributed by atoms with E-state index < -0.39 is 0 Å². The minimum Gasteiger partial charge on any atom is -0.135 e. The molecule has 2 aliphatic carbocycles. The molecular formula is C49H28S. The monoisotopic (exact) mass is 648 g/mol. The van der Waals surface area contributed by atoms with E-state index in [1.807, 2.05) is 11.3 Å². The predicted octanol–water partition coefficient (Wildman–Crippen LogP) is 13.5. The number of benzene rings is 9. The third-order valence-electron chi connectivity index (χ3n) is 11.6. The van der Waals surface area contributed by atoms with Crippen molar-refractivity contribution < 1.29 is 0 Å². The van der Waals surface area contributed by atoms with Crippen LogP contribution in [-0.2, 0) is 5.41 Å². The molecule has 0 aliphatic heterocycles. The van der Waals surface area contributed by atoms with Gasteiger partial charge in [-0.2, -0.15) is 0 Å². The SMILES string of the molecule is c1ccc(-c2cc3ccc(-c4cccc5c4-c4ccccc4C54c5ccccc5-c5sc6ccccc6c54)c4ccc5cccc2c5c34)cc1. The standard InChI is InChI=1S/C49H28S/c1-2-12-29(13-3-1)39-28-31-25-26-32(35-27-24-30-14-10-18-34(39)44(30)45(31)35)33-19-11-22-42-46(33)36-15-4-7-20-40(36)49(42)41-21-8-5-16-37(41)48-47(49)38-17-6-9-23-43(38)50-48/h1-28H. The molecule has 0 saturated carbocycles. The number of hydrogen-bond acceptors (Lipinski definition) is 1. The maximum Gasteiger partial charge on any atom is 0.0740 e. The van der Waals surface area contributed by atoms with E-state index in [0.717, 1.165) is 0 Å². The van der Waals surface area contributed by atoms with Gasteiger partial charge in [0, 0.05) is 9.58 Å². The van der Waals surface area contributed by atoms with E-state index in [4.69, 9.17) is 0 Å². The highest BCUT2D eigenvalue weighted by Gasteiger charge is 2.53. The van der Waals surface area contributed by atoms with Crippen molar-refractivity contribution in [3.05, 3.63) is 192 Å². The van der Waals surface area contributed by atoms with Crippen LogP contribution >= 0.6 is 11.3 Å². The van der Waals surface area contributed by atoms with E-state index >= 15 is 0 Å². The molecule has 0 amide bonds. The Morgan fingerprint density at radius 3 is 1.92 bits per heavy atom. The highest BCUT2D eigenvalue weighted by molar-refractivity contribution is 7.22. The lowest BCUT2D eigenvalue weighted by molar-refractivity contribution is 0.803. The number of rotatable bonds is 2. The Labute approximate surface area is 293 Å². The number of thiophene rings is 1. The van der Waals surface area contributed by atoms with E-state index in [1.165, 1.54) is 108 Å².